The summed E-state index contributed by atoms with van der Waals surface area (Å²) in [5, 5.41) is 27.5. The molecule has 10 nitrogen and oxygen atoms in total. The van der Waals surface area contributed by atoms with Crippen LogP contribution in [0.1, 0.15) is 37.3 Å². The summed E-state index contributed by atoms with van der Waals surface area (Å²) in [7, 11) is 0. The molecular weight excluding hydrogens is 424 g/mol. The van der Waals surface area contributed by atoms with E-state index >= 15 is 0 Å². The quantitative estimate of drug-likeness (QED) is 0.327. The number of hydrogen-bond donors (Lipinski definition) is 6. The second-order valence-corrected chi connectivity index (χ2v) is 8.00. The lowest BCUT2D eigenvalue weighted by atomic mass is 9.99. The van der Waals surface area contributed by atoms with Gasteiger partial charge in [-0.15, -0.1) is 11.3 Å². The summed E-state index contributed by atoms with van der Waals surface area (Å²) < 4.78 is 0. The van der Waals surface area contributed by atoms with E-state index in [0.717, 1.165) is 22.2 Å². The lowest BCUT2D eigenvalue weighted by Gasteiger charge is -2.24. The van der Waals surface area contributed by atoms with Crippen LogP contribution in [0.4, 0.5) is 5.00 Å². The number of hydrogen-bond acceptors (Lipinski definition) is 6. The smallest absolute Gasteiger partial charge is 0.394 e. The van der Waals surface area contributed by atoms with E-state index in [9.17, 15) is 24.3 Å². The Hall–Kier alpha value is -3.70. The number of aromatic amines is 1. The fourth-order valence-electron chi connectivity index (χ4n) is 3.60. The Balaban J connectivity index is 1.54. The molecule has 160 valence electrons. The van der Waals surface area contributed by atoms with Crippen molar-refractivity contribution in [2.45, 2.75) is 12.5 Å². The van der Waals surface area contributed by atoms with E-state index in [1.807, 2.05) is 24.3 Å². The number of rotatable bonds is 5. The predicted octanol–water partition coefficient (Wildman–Crippen LogP) is 1.57. The minimum atomic E-state index is -1.71. The van der Waals surface area contributed by atoms with Gasteiger partial charge in [0.15, 0.2) is 0 Å². The maximum atomic E-state index is 12.6. The van der Waals surface area contributed by atoms with E-state index in [0.29, 0.717) is 29.1 Å². The topological polar surface area (TPSA) is 161 Å². The lowest BCUT2D eigenvalue weighted by Crippen LogP contribution is -2.38. The summed E-state index contributed by atoms with van der Waals surface area (Å²) >= 11 is 0.998. The number of carbonyl (C=O) groups excluding carboxylic acids is 2. The second kappa shape index (κ2) is 8.20. The van der Waals surface area contributed by atoms with E-state index in [1.165, 1.54) is 0 Å². The molecular formula is C20H18N4O6S. The van der Waals surface area contributed by atoms with Crippen LogP contribution < -0.4 is 16.0 Å². The Bertz CT molecular complexity index is 1180. The van der Waals surface area contributed by atoms with Gasteiger partial charge in [0.1, 0.15) is 10.7 Å². The molecule has 0 fully saturated rings. The van der Waals surface area contributed by atoms with Gasteiger partial charge >= 0.3 is 17.8 Å². The van der Waals surface area contributed by atoms with Crippen molar-refractivity contribution in [3.05, 3.63) is 52.0 Å². The molecule has 1 aliphatic heterocycles. The third-order valence-electron chi connectivity index (χ3n) is 5.00. The van der Waals surface area contributed by atoms with Gasteiger partial charge in [-0.1, -0.05) is 18.2 Å². The fraction of sp³-hybridized carbons (Fsp3) is 0.200. The average Bonchev–Trinajstić information content (AvgIpc) is 3.33. The maximum absolute atomic E-state index is 12.6. The molecule has 6 N–H and O–H groups in total. The summed E-state index contributed by atoms with van der Waals surface area (Å²) in [6, 6.07) is 8.87. The molecule has 3 aromatic rings. The van der Waals surface area contributed by atoms with E-state index in [1.54, 1.807) is 6.07 Å². The molecule has 31 heavy (non-hydrogen) atoms. The minimum absolute atomic E-state index is 0.0273. The molecule has 0 saturated carbocycles. The van der Waals surface area contributed by atoms with Crippen LogP contribution in [0.25, 0.3) is 10.9 Å². The highest BCUT2D eigenvalue weighted by molar-refractivity contribution is 7.17. The zero-order valence-corrected chi connectivity index (χ0v) is 16.8. The molecule has 0 aliphatic carbocycles. The number of aromatic nitrogens is 1. The van der Waals surface area contributed by atoms with Gasteiger partial charge in [0, 0.05) is 22.3 Å². The first-order chi connectivity index (χ1) is 14.8. The number of carboxylic acids is 2. The highest BCUT2D eigenvalue weighted by atomic mass is 32.1. The van der Waals surface area contributed by atoms with Gasteiger partial charge in [-0.2, -0.15) is 0 Å². The number of carboxylic acid groups (broad SMARTS) is 2. The predicted molar refractivity (Wildman–Crippen MR) is 113 cm³/mol. The molecule has 2 amide bonds. The molecule has 3 heterocycles. The number of carbonyl (C=O) groups is 4. The lowest BCUT2D eigenvalue weighted by molar-refractivity contribution is -0.147. The van der Waals surface area contributed by atoms with Crippen LogP contribution in [0.5, 0.6) is 0 Å². The van der Waals surface area contributed by atoms with Crippen molar-refractivity contribution < 1.29 is 29.4 Å². The van der Waals surface area contributed by atoms with Crippen molar-refractivity contribution in [1.82, 2.24) is 15.6 Å². The van der Waals surface area contributed by atoms with Crippen LogP contribution in [-0.4, -0.2) is 52.0 Å². The summed E-state index contributed by atoms with van der Waals surface area (Å²) in [5.74, 6) is -4.57. The molecule has 11 heteroatoms. The summed E-state index contributed by atoms with van der Waals surface area (Å²) in [5.41, 5.74) is 1.67. The fourth-order valence-corrected chi connectivity index (χ4v) is 4.91. The number of para-hydroxylation sites is 1. The van der Waals surface area contributed by atoms with Crippen LogP contribution in [0.2, 0.25) is 0 Å². The molecule has 1 atom stereocenters. The SMILES string of the molecule is O=C(O)C(=O)Nc1sc2c(c1C(=O)O)CCNC2CNC(=O)c1cc2ccccc2[nH]1. The van der Waals surface area contributed by atoms with Gasteiger partial charge in [-0.25, -0.2) is 9.59 Å². The highest BCUT2D eigenvalue weighted by Crippen LogP contribution is 2.39. The number of thiophene rings is 1. The Morgan fingerprint density at radius 2 is 1.94 bits per heavy atom. The van der Waals surface area contributed by atoms with Crippen LogP contribution in [0.3, 0.4) is 0 Å². The molecule has 4 rings (SSSR count). The zero-order chi connectivity index (χ0) is 22.1. The van der Waals surface area contributed by atoms with E-state index in [4.69, 9.17) is 5.11 Å². The summed E-state index contributed by atoms with van der Waals surface area (Å²) in [6.45, 7) is 0.663. The molecule has 1 unspecified atom stereocenters. The van der Waals surface area contributed by atoms with E-state index < -0.39 is 17.8 Å². The average molecular weight is 442 g/mol. The molecule has 0 saturated heterocycles. The van der Waals surface area contributed by atoms with E-state index in [-0.39, 0.29) is 29.1 Å². The van der Waals surface area contributed by atoms with Gasteiger partial charge < -0.3 is 31.1 Å². The summed E-state index contributed by atoms with van der Waals surface area (Å²) in [6.07, 6.45) is 0.406. The van der Waals surface area contributed by atoms with Crippen molar-refractivity contribution >= 4 is 51.0 Å². The van der Waals surface area contributed by atoms with Crippen molar-refractivity contribution in [1.29, 1.82) is 0 Å². The molecule has 0 spiro atoms. The number of fused-ring (bicyclic) bond motifs is 2. The van der Waals surface area contributed by atoms with E-state index in [2.05, 4.69) is 20.9 Å². The molecule has 2 aromatic heterocycles. The first-order valence-corrected chi connectivity index (χ1v) is 10.2. The van der Waals surface area contributed by atoms with Crippen LogP contribution in [0.15, 0.2) is 30.3 Å². The first-order valence-electron chi connectivity index (χ1n) is 9.37. The second-order valence-electron chi connectivity index (χ2n) is 6.95. The molecule has 1 aromatic carbocycles. The largest absolute Gasteiger partial charge is 0.478 e. The highest BCUT2D eigenvalue weighted by Gasteiger charge is 2.31. The first kappa shape index (κ1) is 20.6. The Labute approximate surface area is 179 Å². The van der Waals surface area contributed by atoms with Gasteiger partial charge in [0.05, 0.1) is 11.6 Å². The standard InChI is InChI=1S/C20H18N4O6S/c25-16(12-7-9-3-1-2-4-11(9)23-12)22-8-13-15-10(5-6-21-13)14(19(27)28)18(31-15)24-17(26)20(29)30/h1-4,7,13,21,23H,5-6,8H2,(H,22,25)(H,24,26)(H,27,28)(H,29,30). The van der Waals surface area contributed by atoms with Crippen molar-refractivity contribution in [2.24, 2.45) is 0 Å². The number of aromatic carboxylic acids is 1. The zero-order valence-electron chi connectivity index (χ0n) is 16.0. The monoisotopic (exact) mass is 442 g/mol. The Morgan fingerprint density at radius 3 is 2.65 bits per heavy atom. The van der Waals surface area contributed by atoms with Crippen LogP contribution in [-0.2, 0) is 16.0 Å². The van der Waals surface area contributed by atoms with Crippen molar-refractivity contribution in [2.75, 3.05) is 18.4 Å². The minimum Gasteiger partial charge on any atom is -0.478 e. The Morgan fingerprint density at radius 1 is 1.16 bits per heavy atom. The van der Waals surface area contributed by atoms with Gasteiger partial charge in [-0.05, 0) is 30.7 Å². The number of benzene rings is 1. The number of nitrogens with one attached hydrogen (secondary N) is 4. The van der Waals surface area contributed by atoms with Crippen LogP contribution >= 0.6 is 11.3 Å². The third kappa shape index (κ3) is 4.00. The molecule has 0 bridgehead atoms. The summed E-state index contributed by atoms with van der Waals surface area (Å²) in [4.78, 5) is 50.4. The number of anilines is 1. The van der Waals surface area contributed by atoms with Gasteiger partial charge in [0.25, 0.3) is 5.91 Å². The van der Waals surface area contributed by atoms with Gasteiger partial charge in [-0.3, -0.25) is 9.59 Å². The number of amides is 2. The maximum Gasteiger partial charge on any atom is 0.394 e. The van der Waals surface area contributed by atoms with Gasteiger partial charge in [0.2, 0.25) is 0 Å². The third-order valence-corrected chi connectivity index (χ3v) is 6.26. The Kier molecular flexibility index (Phi) is 5.44. The number of H-pyrrole nitrogens is 1. The van der Waals surface area contributed by atoms with Crippen molar-refractivity contribution in [3.63, 3.8) is 0 Å². The van der Waals surface area contributed by atoms with Crippen molar-refractivity contribution in [3.8, 4) is 0 Å². The van der Waals surface area contributed by atoms with Crippen LogP contribution in [0, 0.1) is 0 Å². The normalized spacial score (nSPS) is 15.3. The molecule has 1 aliphatic rings. The molecule has 0 radical (unpaired) electrons. The number of aliphatic carboxylic acids is 1.